The van der Waals surface area contributed by atoms with Crippen LogP contribution < -0.4 is 4.90 Å². The van der Waals surface area contributed by atoms with Crippen molar-refractivity contribution in [3.05, 3.63) is 12.5 Å². The highest BCUT2D eigenvalue weighted by Gasteiger charge is 2.31. The van der Waals surface area contributed by atoms with Crippen LogP contribution in [0.1, 0.15) is 19.8 Å². The van der Waals surface area contributed by atoms with Crippen LogP contribution in [-0.2, 0) is 7.05 Å². The van der Waals surface area contributed by atoms with Crippen LogP contribution in [0.15, 0.2) is 12.5 Å². The van der Waals surface area contributed by atoms with Crippen LogP contribution in [0.5, 0.6) is 0 Å². The van der Waals surface area contributed by atoms with Crippen LogP contribution in [0.25, 0.3) is 11.0 Å². The lowest BCUT2D eigenvalue weighted by atomic mass is 10.2. The van der Waals surface area contributed by atoms with Gasteiger partial charge in [-0.1, -0.05) is 0 Å². The lowest BCUT2D eigenvalue weighted by molar-refractivity contribution is 0.605. The van der Waals surface area contributed by atoms with Gasteiger partial charge in [-0.05, 0) is 25.7 Å². The number of anilines is 1. The average Bonchev–Trinajstić information content (AvgIpc) is 3.12. The van der Waals surface area contributed by atoms with Gasteiger partial charge in [0.25, 0.3) is 0 Å². The van der Waals surface area contributed by atoms with Gasteiger partial charge >= 0.3 is 0 Å². The van der Waals surface area contributed by atoms with Gasteiger partial charge in [0, 0.05) is 20.1 Å². The molecule has 5 heteroatoms. The summed E-state index contributed by atoms with van der Waals surface area (Å²) in [6.07, 6.45) is 6.15. The molecule has 1 aliphatic rings. The molecular formula is C12H17N5. The first-order chi connectivity index (χ1) is 8.18. The van der Waals surface area contributed by atoms with Crippen LogP contribution >= 0.6 is 0 Å². The number of rotatable bonds is 3. The maximum absolute atomic E-state index is 4.41. The highest BCUT2D eigenvalue weighted by atomic mass is 15.3. The molecule has 2 aromatic rings. The van der Waals surface area contributed by atoms with Crippen LogP contribution in [0.4, 0.5) is 5.82 Å². The smallest absolute Gasteiger partial charge is 0.163 e. The second-order valence-corrected chi connectivity index (χ2v) is 4.89. The van der Waals surface area contributed by atoms with Crippen LogP contribution in [0.3, 0.4) is 0 Å². The van der Waals surface area contributed by atoms with Gasteiger partial charge in [0.05, 0.1) is 11.6 Å². The van der Waals surface area contributed by atoms with E-state index in [9.17, 15) is 0 Å². The van der Waals surface area contributed by atoms with Crippen molar-refractivity contribution < 1.29 is 0 Å². The lowest BCUT2D eigenvalue weighted by Crippen LogP contribution is -2.31. The molecule has 1 saturated carbocycles. The highest BCUT2D eigenvalue weighted by molar-refractivity contribution is 5.86. The Hall–Kier alpha value is -1.65. The van der Waals surface area contributed by atoms with Crippen molar-refractivity contribution in [2.45, 2.75) is 25.8 Å². The third-order valence-corrected chi connectivity index (χ3v) is 3.76. The molecule has 5 nitrogen and oxygen atoms in total. The molecule has 1 fully saturated rings. The van der Waals surface area contributed by atoms with Gasteiger partial charge in [-0.3, -0.25) is 4.68 Å². The number of nitrogens with zero attached hydrogens (tertiary/aromatic N) is 5. The molecule has 0 N–H and O–H groups in total. The second-order valence-electron chi connectivity index (χ2n) is 4.89. The second kappa shape index (κ2) is 3.68. The molecule has 1 aliphatic carbocycles. The quantitative estimate of drug-likeness (QED) is 0.805. The fourth-order valence-corrected chi connectivity index (χ4v) is 2.32. The maximum atomic E-state index is 4.41. The fraction of sp³-hybridized carbons (Fsp3) is 0.583. The van der Waals surface area contributed by atoms with Crippen molar-refractivity contribution in [3.8, 4) is 0 Å². The first-order valence-electron chi connectivity index (χ1n) is 6.04. The van der Waals surface area contributed by atoms with E-state index in [4.69, 9.17) is 0 Å². The molecule has 2 heterocycles. The number of aryl methyl sites for hydroxylation is 1. The van der Waals surface area contributed by atoms with E-state index in [-0.39, 0.29) is 0 Å². The molecular weight excluding hydrogens is 214 g/mol. The zero-order valence-corrected chi connectivity index (χ0v) is 10.5. The Morgan fingerprint density at radius 2 is 2.18 bits per heavy atom. The Labute approximate surface area is 100 Å². The third kappa shape index (κ3) is 1.66. The van der Waals surface area contributed by atoms with Crippen molar-refractivity contribution in [1.29, 1.82) is 0 Å². The Morgan fingerprint density at radius 1 is 1.41 bits per heavy atom. The summed E-state index contributed by atoms with van der Waals surface area (Å²) in [5, 5.41) is 5.28. The Balaban J connectivity index is 2.03. The predicted octanol–water partition coefficient (Wildman–Crippen LogP) is 1.60. The van der Waals surface area contributed by atoms with E-state index < -0.39 is 0 Å². The number of fused-ring (bicyclic) bond motifs is 1. The molecule has 0 amide bonds. The minimum Gasteiger partial charge on any atom is -0.356 e. The summed E-state index contributed by atoms with van der Waals surface area (Å²) in [6, 6.07) is 0.535. The SMILES string of the molecule is CC(C1CC1)N(C)c1ncnc2c1cnn2C. The summed E-state index contributed by atoms with van der Waals surface area (Å²) < 4.78 is 1.79. The molecule has 1 unspecified atom stereocenters. The summed E-state index contributed by atoms with van der Waals surface area (Å²) in [6.45, 7) is 2.27. The summed E-state index contributed by atoms with van der Waals surface area (Å²) in [7, 11) is 4.02. The van der Waals surface area contributed by atoms with Gasteiger partial charge < -0.3 is 4.90 Å². The first-order valence-corrected chi connectivity index (χ1v) is 6.04. The number of hydrogen-bond donors (Lipinski definition) is 0. The zero-order chi connectivity index (χ0) is 12.0. The molecule has 0 aliphatic heterocycles. The summed E-state index contributed by atoms with van der Waals surface area (Å²) in [5.41, 5.74) is 0.893. The van der Waals surface area contributed by atoms with E-state index in [2.05, 4.69) is 33.9 Å². The lowest BCUT2D eigenvalue weighted by Gasteiger charge is -2.26. The van der Waals surface area contributed by atoms with Gasteiger partial charge in [-0.2, -0.15) is 5.10 Å². The van der Waals surface area contributed by atoms with E-state index in [1.807, 2.05) is 13.2 Å². The zero-order valence-electron chi connectivity index (χ0n) is 10.5. The molecule has 3 rings (SSSR count). The topological polar surface area (TPSA) is 46.8 Å². The molecule has 17 heavy (non-hydrogen) atoms. The van der Waals surface area contributed by atoms with Gasteiger partial charge in [-0.15, -0.1) is 0 Å². The first kappa shape index (κ1) is 10.5. The number of aromatic nitrogens is 4. The van der Waals surface area contributed by atoms with Gasteiger partial charge in [0.15, 0.2) is 5.65 Å². The van der Waals surface area contributed by atoms with Crippen molar-refractivity contribution in [1.82, 2.24) is 19.7 Å². The van der Waals surface area contributed by atoms with Crippen LogP contribution in [0.2, 0.25) is 0 Å². The largest absolute Gasteiger partial charge is 0.356 e. The van der Waals surface area contributed by atoms with Gasteiger partial charge in [0.1, 0.15) is 12.1 Å². The third-order valence-electron chi connectivity index (χ3n) is 3.76. The predicted molar refractivity (Wildman–Crippen MR) is 66.9 cm³/mol. The minimum atomic E-state index is 0.535. The van der Waals surface area contributed by atoms with Crippen molar-refractivity contribution in [3.63, 3.8) is 0 Å². The van der Waals surface area contributed by atoms with E-state index >= 15 is 0 Å². The summed E-state index contributed by atoms with van der Waals surface area (Å²) in [4.78, 5) is 10.9. The Bertz CT molecular complexity index is 543. The van der Waals surface area contributed by atoms with E-state index in [0.29, 0.717) is 6.04 Å². The summed E-state index contributed by atoms with van der Waals surface area (Å²) >= 11 is 0. The van der Waals surface area contributed by atoms with Crippen molar-refractivity contribution in [2.75, 3.05) is 11.9 Å². The average molecular weight is 231 g/mol. The molecule has 2 aromatic heterocycles. The fourth-order valence-electron chi connectivity index (χ4n) is 2.32. The summed E-state index contributed by atoms with van der Waals surface area (Å²) in [5.74, 6) is 1.81. The number of hydrogen-bond acceptors (Lipinski definition) is 4. The normalized spacial score (nSPS) is 17.4. The van der Waals surface area contributed by atoms with Crippen LogP contribution in [-0.4, -0.2) is 32.8 Å². The highest BCUT2D eigenvalue weighted by Crippen LogP contribution is 2.36. The Morgan fingerprint density at radius 3 is 2.88 bits per heavy atom. The van der Waals surface area contributed by atoms with Crippen molar-refractivity contribution >= 4 is 16.9 Å². The molecule has 0 spiro atoms. The van der Waals surface area contributed by atoms with Gasteiger partial charge in [-0.25, -0.2) is 9.97 Å². The standard InChI is InChI=1S/C12H17N5/c1-8(9-4-5-9)16(2)11-10-6-15-17(3)12(10)14-7-13-11/h6-9H,4-5H2,1-3H3. The van der Waals surface area contributed by atoms with E-state index in [0.717, 1.165) is 22.8 Å². The molecule has 0 saturated heterocycles. The molecule has 0 aromatic carbocycles. The van der Waals surface area contributed by atoms with E-state index in [1.165, 1.54) is 12.8 Å². The molecule has 0 radical (unpaired) electrons. The monoisotopic (exact) mass is 231 g/mol. The van der Waals surface area contributed by atoms with Gasteiger partial charge in [0.2, 0.25) is 0 Å². The van der Waals surface area contributed by atoms with E-state index in [1.54, 1.807) is 11.0 Å². The Kier molecular flexibility index (Phi) is 2.28. The maximum Gasteiger partial charge on any atom is 0.163 e. The van der Waals surface area contributed by atoms with Crippen LogP contribution in [0, 0.1) is 5.92 Å². The molecule has 1 atom stereocenters. The molecule has 0 bridgehead atoms. The van der Waals surface area contributed by atoms with Crippen molar-refractivity contribution in [2.24, 2.45) is 13.0 Å². The minimum absolute atomic E-state index is 0.535. The molecule has 90 valence electrons.